The van der Waals surface area contributed by atoms with E-state index in [1.54, 1.807) is 0 Å². The highest BCUT2D eigenvalue weighted by atomic mass is 16.6. The molecule has 0 atom stereocenters. The molecule has 0 saturated heterocycles. The fourth-order valence-corrected chi connectivity index (χ4v) is 4.54. The largest absolute Gasteiger partial charge is 0.632 e. The highest BCUT2D eigenvalue weighted by Crippen LogP contribution is 2.42. The van der Waals surface area contributed by atoms with Crippen molar-refractivity contribution in [1.29, 1.82) is 0 Å². The second-order valence-electron chi connectivity index (χ2n) is 11.3. The Morgan fingerprint density at radius 2 is 1.09 bits per heavy atom. The van der Waals surface area contributed by atoms with Crippen LogP contribution in [0.1, 0.15) is 74.9 Å². The molecule has 0 bridgehead atoms. The van der Waals surface area contributed by atoms with Crippen LogP contribution in [0.3, 0.4) is 0 Å². The third-order valence-electron chi connectivity index (χ3n) is 6.14. The average Bonchev–Trinajstić information content (AvgIpc) is 2.67. The van der Waals surface area contributed by atoms with Crippen molar-refractivity contribution >= 4 is 12.6 Å². The predicted octanol–water partition coefficient (Wildman–Crippen LogP) is 6.66. The molecule has 0 radical (unpaired) electrons. The maximum Gasteiger partial charge on any atom is 0.632 e. The van der Waals surface area contributed by atoms with Gasteiger partial charge in [-0.05, 0) is 46.9 Å². The molecule has 32 heavy (non-hydrogen) atoms. The third-order valence-corrected chi connectivity index (χ3v) is 6.14. The lowest BCUT2D eigenvalue weighted by molar-refractivity contribution is 0.407. The van der Waals surface area contributed by atoms with Crippen LogP contribution >= 0.6 is 0 Å². The van der Waals surface area contributed by atoms with Crippen molar-refractivity contribution in [1.82, 2.24) is 0 Å². The van der Waals surface area contributed by atoms with E-state index < -0.39 is 7.12 Å². The van der Waals surface area contributed by atoms with E-state index in [1.165, 1.54) is 33.4 Å². The van der Waals surface area contributed by atoms with Gasteiger partial charge in [0.1, 0.15) is 11.5 Å². The summed E-state index contributed by atoms with van der Waals surface area (Å²) in [5.41, 5.74) is 8.38. The summed E-state index contributed by atoms with van der Waals surface area (Å²) in [5.74, 6) is 1.92. The van der Waals surface area contributed by atoms with Crippen LogP contribution in [0.5, 0.6) is 11.5 Å². The molecule has 1 aliphatic rings. The SMILES string of the molecule is Cc1cc2c(c(C(C)(C)C)c1)OB(c1ccccc1)Oc1c(cc(C)cc1C(C)(C)C)C2. The molecule has 0 aromatic heterocycles. The van der Waals surface area contributed by atoms with E-state index >= 15 is 0 Å². The molecule has 4 rings (SSSR count). The fraction of sp³-hybridized carbons (Fsp3) is 0.379. The molecule has 3 heteroatoms. The molecule has 1 aliphatic heterocycles. The van der Waals surface area contributed by atoms with Gasteiger partial charge in [-0.2, -0.15) is 0 Å². The Morgan fingerprint density at radius 1 is 0.656 bits per heavy atom. The minimum Gasteiger partial charge on any atom is -0.522 e. The van der Waals surface area contributed by atoms with Crippen molar-refractivity contribution in [2.24, 2.45) is 0 Å². The summed E-state index contributed by atoms with van der Waals surface area (Å²) in [6, 6.07) is 19.4. The van der Waals surface area contributed by atoms with Crippen LogP contribution in [0, 0.1) is 13.8 Å². The standard InChI is InChI=1S/C29H35BO2/c1-19-14-21-18-22-15-20(2)17-25(29(6,7)8)27(22)32-30(23-12-10-9-11-13-23)31-26(21)24(16-19)28(3,4)5/h9-17H,18H2,1-8H3. The molecule has 0 fully saturated rings. The molecule has 0 spiro atoms. The van der Waals surface area contributed by atoms with Gasteiger partial charge in [0.15, 0.2) is 0 Å². The van der Waals surface area contributed by atoms with E-state index in [0.717, 1.165) is 23.4 Å². The number of hydrogen-bond donors (Lipinski definition) is 0. The van der Waals surface area contributed by atoms with Crippen LogP contribution in [0.15, 0.2) is 54.6 Å². The minimum absolute atomic E-state index is 0.0391. The van der Waals surface area contributed by atoms with Gasteiger partial charge in [0.2, 0.25) is 0 Å². The summed E-state index contributed by atoms with van der Waals surface area (Å²) in [6.07, 6.45) is 0.793. The van der Waals surface area contributed by atoms with E-state index in [1.807, 2.05) is 18.2 Å². The lowest BCUT2D eigenvalue weighted by Gasteiger charge is -2.33. The molecule has 2 nitrogen and oxygen atoms in total. The molecule has 3 aromatic carbocycles. The molecule has 0 amide bonds. The quantitative estimate of drug-likeness (QED) is 0.405. The zero-order chi connectivity index (χ0) is 23.3. The van der Waals surface area contributed by atoms with Crippen LogP contribution < -0.4 is 14.8 Å². The maximum atomic E-state index is 6.77. The average molecular weight is 426 g/mol. The van der Waals surface area contributed by atoms with E-state index in [9.17, 15) is 0 Å². The Labute approximate surface area is 194 Å². The van der Waals surface area contributed by atoms with Crippen LogP contribution in [0.4, 0.5) is 0 Å². The first-order valence-corrected chi connectivity index (χ1v) is 11.6. The molecule has 0 saturated carbocycles. The predicted molar refractivity (Wildman–Crippen MR) is 136 cm³/mol. The summed E-state index contributed by atoms with van der Waals surface area (Å²) in [7, 11) is -0.512. The third kappa shape index (κ3) is 4.44. The van der Waals surface area contributed by atoms with E-state index in [2.05, 4.69) is 91.8 Å². The normalized spacial score (nSPS) is 13.9. The van der Waals surface area contributed by atoms with Crippen molar-refractivity contribution in [2.45, 2.75) is 72.6 Å². The lowest BCUT2D eigenvalue weighted by atomic mass is 9.75. The highest BCUT2D eigenvalue weighted by molar-refractivity contribution is 6.62. The van der Waals surface area contributed by atoms with Gasteiger partial charge in [0.05, 0.1) is 0 Å². The van der Waals surface area contributed by atoms with Crippen molar-refractivity contribution in [2.75, 3.05) is 0 Å². The lowest BCUT2D eigenvalue weighted by Crippen LogP contribution is -2.44. The molecule has 3 aromatic rings. The monoisotopic (exact) mass is 426 g/mol. The minimum atomic E-state index is -0.512. The molecule has 1 heterocycles. The number of rotatable bonds is 1. The van der Waals surface area contributed by atoms with E-state index in [-0.39, 0.29) is 10.8 Å². The summed E-state index contributed by atoms with van der Waals surface area (Å²) < 4.78 is 13.5. The molecular weight excluding hydrogens is 391 g/mol. The first-order valence-electron chi connectivity index (χ1n) is 11.6. The van der Waals surface area contributed by atoms with Gasteiger partial charge < -0.3 is 9.31 Å². The topological polar surface area (TPSA) is 18.5 Å². The summed E-state index contributed by atoms with van der Waals surface area (Å²) in [5, 5.41) is 0. The second kappa shape index (κ2) is 8.03. The Hall–Kier alpha value is -2.68. The Morgan fingerprint density at radius 3 is 1.50 bits per heavy atom. The molecule has 166 valence electrons. The zero-order valence-corrected chi connectivity index (χ0v) is 20.8. The van der Waals surface area contributed by atoms with Gasteiger partial charge in [-0.1, -0.05) is 107 Å². The zero-order valence-electron chi connectivity index (χ0n) is 20.8. The van der Waals surface area contributed by atoms with Crippen molar-refractivity contribution in [3.8, 4) is 11.5 Å². The molecule has 0 aliphatic carbocycles. The molecule has 0 unspecified atom stereocenters. The Bertz CT molecular complexity index is 1060. The number of benzene rings is 3. The van der Waals surface area contributed by atoms with Crippen LogP contribution in [0.25, 0.3) is 0 Å². The molecule has 0 N–H and O–H groups in total. The van der Waals surface area contributed by atoms with Gasteiger partial charge in [-0.15, -0.1) is 0 Å². The highest BCUT2D eigenvalue weighted by Gasteiger charge is 2.35. The number of hydrogen-bond acceptors (Lipinski definition) is 2. The Balaban J connectivity index is 2.01. The van der Waals surface area contributed by atoms with Gasteiger partial charge in [0.25, 0.3) is 0 Å². The summed E-state index contributed by atoms with van der Waals surface area (Å²) >= 11 is 0. The smallest absolute Gasteiger partial charge is 0.522 e. The number of aryl methyl sites for hydroxylation is 2. The maximum absolute atomic E-state index is 6.77. The second-order valence-corrected chi connectivity index (χ2v) is 11.3. The Kier molecular flexibility index (Phi) is 5.65. The van der Waals surface area contributed by atoms with E-state index in [4.69, 9.17) is 9.31 Å². The summed E-state index contributed by atoms with van der Waals surface area (Å²) in [4.78, 5) is 0. The van der Waals surface area contributed by atoms with Crippen molar-refractivity contribution < 1.29 is 9.31 Å². The first kappa shape index (κ1) is 22.5. The summed E-state index contributed by atoms with van der Waals surface area (Å²) in [6.45, 7) is 17.8. The number of fused-ring (bicyclic) bond motifs is 2. The van der Waals surface area contributed by atoms with Gasteiger partial charge >= 0.3 is 7.12 Å². The fourth-order valence-electron chi connectivity index (χ4n) is 4.54. The van der Waals surface area contributed by atoms with E-state index in [0.29, 0.717) is 0 Å². The molecular formula is C29H35BO2. The van der Waals surface area contributed by atoms with Crippen molar-refractivity contribution in [3.63, 3.8) is 0 Å². The van der Waals surface area contributed by atoms with Crippen LogP contribution in [0.2, 0.25) is 0 Å². The first-order chi connectivity index (χ1) is 14.9. The van der Waals surface area contributed by atoms with Crippen LogP contribution in [-0.4, -0.2) is 7.12 Å². The van der Waals surface area contributed by atoms with Gasteiger partial charge in [-0.25, -0.2) is 0 Å². The van der Waals surface area contributed by atoms with Gasteiger partial charge in [0, 0.05) is 11.9 Å². The van der Waals surface area contributed by atoms with Crippen molar-refractivity contribution in [3.05, 3.63) is 88.0 Å². The van der Waals surface area contributed by atoms with Gasteiger partial charge in [-0.3, -0.25) is 0 Å². The van der Waals surface area contributed by atoms with Crippen LogP contribution in [-0.2, 0) is 17.3 Å².